The van der Waals surface area contributed by atoms with E-state index >= 15 is 0 Å². The Balaban J connectivity index is 1.95. The minimum atomic E-state index is -2.99. The summed E-state index contributed by atoms with van der Waals surface area (Å²) in [5.41, 5.74) is 0.178. The average Bonchev–Trinajstić information content (AvgIpc) is 3.28. The van der Waals surface area contributed by atoms with Crippen LogP contribution in [0.25, 0.3) is 0 Å². The van der Waals surface area contributed by atoms with E-state index in [0.29, 0.717) is 0 Å². The number of hydrogen-bond acceptors (Lipinski definition) is 4. The minimum absolute atomic E-state index is 0.00961. The molecule has 1 aromatic rings. The molecule has 0 unspecified atom stereocenters. The first-order chi connectivity index (χ1) is 10.5. The molecule has 0 aliphatic heterocycles. The van der Waals surface area contributed by atoms with E-state index in [4.69, 9.17) is 4.74 Å². The number of nitrogens with one attached hydrogen (secondary N) is 2. The predicted molar refractivity (Wildman–Crippen MR) is 73.1 cm³/mol. The maximum atomic E-state index is 12.2. The summed E-state index contributed by atoms with van der Waals surface area (Å²) in [6, 6.07) is 4.01. The van der Waals surface area contributed by atoms with Crippen LogP contribution in [0.15, 0.2) is 18.2 Å². The number of carbonyl (C=O) groups excluding carboxylic acids is 2. The zero-order chi connectivity index (χ0) is 16.1. The lowest BCUT2D eigenvalue weighted by molar-refractivity contribution is -0.120. The number of alkyl halides is 2. The highest BCUT2D eigenvalue weighted by atomic mass is 19.3. The summed E-state index contributed by atoms with van der Waals surface area (Å²) in [6.07, 6.45) is 1.92. The molecule has 1 aliphatic carbocycles. The van der Waals surface area contributed by atoms with Gasteiger partial charge in [0.25, 0.3) is 5.91 Å². The van der Waals surface area contributed by atoms with Crippen LogP contribution >= 0.6 is 0 Å². The second-order valence-electron chi connectivity index (χ2n) is 4.77. The fraction of sp³-hybridized carbons (Fsp3) is 0.429. The van der Waals surface area contributed by atoms with Gasteiger partial charge >= 0.3 is 6.61 Å². The van der Waals surface area contributed by atoms with E-state index in [1.165, 1.54) is 25.3 Å². The second kappa shape index (κ2) is 7.06. The Kier molecular flexibility index (Phi) is 5.13. The van der Waals surface area contributed by atoms with Gasteiger partial charge in [-0.25, -0.2) is 0 Å². The molecule has 2 rings (SSSR count). The zero-order valence-corrected chi connectivity index (χ0v) is 11.9. The second-order valence-corrected chi connectivity index (χ2v) is 4.77. The largest absolute Gasteiger partial charge is 0.493 e. The van der Waals surface area contributed by atoms with Crippen molar-refractivity contribution < 1.29 is 27.8 Å². The summed E-state index contributed by atoms with van der Waals surface area (Å²) in [7, 11) is 1.28. The molecule has 8 heteroatoms. The molecule has 0 atom stereocenters. The van der Waals surface area contributed by atoms with Crippen molar-refractivity contribution in [2.75, 3.05) is 13.7 Å². The Morgan fingerprint density at radius 2 is 2.05 bits per heavy atom. The third-order valence-corrected chi connectivity index (χ3v) is 2.99. The van der Waals surface area contributed by atoms with Crippen LogP contribution in [0.1, 0.15) is 23.2 Å². The summed E-state index contributed by atoms with van der Waals surface area (Å²) in [6.45, 7) is -3.13. The van der Waals surface area contributed by atoms with Crippen LogP contribution in [-0.2, 0) is 4.79 Å². The molecule has 0 radical (unpaired) electrons. The van der Waals surface area contributed by atoms with Crippen LogP contribution in [0.3, 0.4) is 0 Å². The molecular weight excluding hydrogens is 298 g/mol. The number of ether oxygens (including phenoxy) is 2. The Hall–Kier alpha value is -2.38. The van der Waals surface area contributed by atoms with Crippen LogP contribution in [0.4, 0.5) is 8.78 Å². The van der Waals surface area contributed by atoms with Crippen LogP contribution in [0.2, 0.25) is 0 Å². The Morgan fingerprint density at radius 3 is 2.64 bits per heavy atom. The first-order valence-corrected chi connectivity index (χ1v) is 6.70. The Morgan fingerprint density at radius 1 is 1.32 bits per heavy atom. The van der Waals surface area contributed by atoms with Crippen molar-refractivity contribution in [2.24, 2.45) is 0 Å². The van der Waals surface area contributed by atoms with Gasteiger partial charge in [0, 0.05) is 11.6 Å². The summed E-state index contributed by atoms with van der Waals surface area (Å²) in [5, 5.41) is 5.18. The Bertz CT molecular complexity index is 562. The number of halogens is 2. The predicted octanol–water partition coefficient (Wildman–Crippen LogP) is 1.30. The molecule has 2 N–H and O–H groups in total. The molecule has 120 valence electrons. The molecule has 0 spiro atoms. The van der Waals surface area contributed by atoms with E-state index < -0.39 is 12.5 Å². The molecule has 1 fully saturated rings. The van der Waals surface area contributed by atoms with E-state index in [1.54, 1.807) is 0 Å². The normalized spacial score (nSPS) is 13.6. The molecule has 0 bridgehead atoms. The van der Waals surface area contributed by atoms with Gasteiger partial charge in [-0.3, -0.25) is 9.59 Å². The van der Waals surface area contributed by atoms with Crippen molar-refractivity contribution in [3.05, 3.63) is 23.8 Å². The van der Waals surface area contributed by atoms with Crippen LogP contribution in [0, 0.1) is 0 Å². The number of benzene rings is 1. The lowest BCUT2D eigenvalue weighted by Crippen LogP contribution is -2.37. The number of carbonyl (C=O) groups is 2. The summed E-state index contributed by atoms with van der Waals surface area (Å²) in [5.74, 6) is -0.927. The van der Waals surface area contributed by atoms with E-state index in [9.17, 15) is 18.4 Å². The standard InChI is InChI=1S/C14H16F2N2O4/c1-21-11-6-8(2-5-10(11)22-14(15)16)13(20)17-7-12(19)18-9-3-4-9/h2,5-6,9,14H,3-4,7H2,1H3,(H,17,20)(H,18,19). The smallest absolute Gasteiger partial charge is 0.387 e. The molecule has 0 heterocycles. The molecule has 2 amide bonds. The molecule has 1 saturated carbocycles. The van der Waals surface area contributed by atoms with E-state index in [0.717, 1.165) is 12.8 Å². The SMILES string of the molecule is COc1cc(C(=O)NCC(=O)NC2CC2)ccc1OC(F)F. The number of methoxy groups -OCH3 is 1. The Labute approximate surface area is 125 Å². The molecule has 1 aliphatic rings. The summed E-state index contributed by atoms with van der Waals surface area (Å²) < 4.78 is 33.6. The highest BCUT2D eigenvalue weighted by molar-refractivity contribution is 5.97. The number of hydrogen-bond donors (Lipinski definition) is 2. The van der Waals surface area contributed by atoms with Gasteiger partial charge in [-0.2, -0.15) is 8.78 Å². The van der Waals surface area contributed by atoms with Crippen molar-refractivity contribution in [3.63, 3.8) is 0 Å². The zero-order valence-electron chi connectivity index (χ0n) is 11.9. The quantitative estimate of drug-likeness (QED) is 0.795. The minimum Gasteiger partial charge on any atom is -0.493 e. The van der Waals surface area contributed by atoms with Gasteiger partial charge in [0.15, 0.2) is 11.5 Å². The van der Waals surface area contributed by atoms with E-state index in [-0.39, 0.29) is 35.6 Å². The van der Waals surface area contributed by atoms with Gasteiger partial charge in [-0.05, 0) is 31.0 Å². The highest BCUT2D eigenvalue weighted by Gasteiger charge is 2.23. The van der Waals surface area contributed by atoms with Crippen molar-refractivity contribution in [2.45, 2.75) is 25.5 Å². The van der Waals surface area contributed by atoms with Crippen molar-refractivity contribution >= 4 is 11.8 Å². The first kappa shape index (κ1) is 16.0. The molecule has 0 aromatic heterocycles. The van der Waals surface area contributed by atoms with Gasteiger partial charge in [0.1, 0.15) is 0 Å². The van der Waals surface area contributed by atoms with Crippen LogP contribution in [0.5, 0.6) is 11.5 Å². The highest BCUT2D eigenvalue weighted by Crippen LogP contribution is 2.29. The first-order valence-electron chi connectivity index (χ1n) is 6.70. The molecular formula is C14H16F2N2O4. The summed E-state index contributed by atoms with van der Waals surface area (Å²) >= 11 is 0. The van der Waals surface area contributed by atoms with E-state index in [1.807, 2.05) is 0 Å². The lowest BCUT2D eigenvalue weighted by atomic mass is 10.2. The maximum Gasteiger partial charge on any atom is 0.387 e. The van der Waals surface area contributed by atoms with Gasteiger partial charge in [0.2, 0.25) is 5.91 Å². The molecule has 1 aromatic carbocycles. The van der Waals surface area contributed by atoms with Crippen molar-refractivity contribution in [1.82, 2.24) is 10.6 Å². The summed E-state index contributed by atoms with van der Waals surface area (Å²) in [4.78, 5) is 23.4. The van der Waals surface area contributed by atoms with Gasteiger partial charge < -0.3 is 20.1 Å². The number of rotatable bonds is 7. The third kappa shape index (κ3) is 4.57. The van der Waals surface area contributed by atoms with Crippen molar-refractivity contribution in [3.8, 4) is 11.5 Å². The fourth-order valence-corrected chi connectivity index (χ4v) is 1.77. The maximum absolute atomic E-state index is 12.2. The van der Waals surface area contributed by atoms with Crippen LogP contribution < -0.4 is 20.1 Å². The number of amides is 2. The lowest BCUT2D eigenvalue weighted by Gasteiger charge is -2.11. The van der Waals surface area contributed by atoms with Gasteiger partial charge in [-0.1, -0.05) is 0 Å². The molecule has 0 saturated heterocycles. The van der Waals surface area contributed by atoms with E-state index in [2.05, 4.69) is 15.4 Å². The third-order valence-electron chi connectivity index (χ3n) is 2.99. The fourth-order valence-electron chi connectivity index (χ4n) is 1.77. The van der Waals surface area contributed by atoms with Crippen LogP contribution in [-0.4, -0.2) is 38.1 Å². The van der Waals surface area contributed by atoms with Crippen molar-refractivity contribution in [1.29, 1.82) is 0 Å². The topological polar surface area (TPSA) is 76.7 Å². The monoisotopic (exact) mass is 314 g/mol. The average molecular weight is 314 g/mol. The molecule has 6 nitrogen and oxygen atoms in total. The van der Waals surface area contributed by atoms with Gasteiger partial charge in [0.05, 0.1) is 13.7 Å². The molecule has 22 heavy (non-hydrogen) atoms. The van der Waals surface area contributed by atoms with Gasteiger partial charge in [-0.15, -0.1) is 0 Å².